The third-order valence-corrected chi connectivity index (χ3v) is 4.66. The van der Waals surface area contributed by atoms with E-state index in [9.17, 15) is 19.7 Å². The summed E-state index contributed by atoms with van der Waals surface area (Å²) in [6.07, 6.45) is 1.91. The number of benzene rings is 2. The van der Waals surface area contributed by atoms with Crippen LogP contribution in [-0.2, 0) is 14.3 Å². The standard InChI is InChI=1S/C21H19NO5/c1-2-27-21(24)20-18(15-9-6-10-17(11-15)22(25)26)12-16(13-19(20)23)14-7-4-3-5-8-14/h3-11,13,18,20H,2,12H2,1H3/t18-,20+/m1/s1. The first-order valence-electron chi connectivity index (χ1n) is 8.72. The van der Waals surface area contributed by atoms with Crippen LogP contribution in [0.15, 0.2) is 60.7 Å². The topological polar surface area (TPSA) is 86.5 Å². The van der Waals surface area contributed by atoms with E-state index < -0.39 is 22.7 Å². The summed E-state index contributed by atoms with van der Waals surface area (Å²) in [7, 11) is 0. The van der Waals surface area contributed by atoms with Gasteiger partial charge in [0.15, 0.2) is 5.78 Å². The van der Waals surface area contributed by atoms with Gasteiger partial charge in [0.25, 0.3) is 5.69 Å². The molecule has 0 fully saturated rings. The maximum absolute atomic E-state index is 12.8. The third-order valence-electron chi connectivity index (χ3n) is 4.66. The van der Waals surface area contributed by atoms with Crippen molar-refractivity contribution in [2.75, 3.05) is 6.61 Å². The SMILES string of the molecule is CCOC(=O)[C@@H]1C(=O)C=C(c2ccccc2)C[C@@H]1c1cccc([N+](=O)[O-])c1. The highest BCUT2D eigenvalue weighted by atomic mass is 16.6. The van der Waals surface area contributed by atoms with Crippen molar-refractivity contribution in [3.05, 3.63) is 81.9 Å². The summed E-state index contributed by atoms with van der Waals surface area (Å²) >= 11 is 0. The van der Waals surface area contributed by atoms with Crippen LogP contribution in [0.3, 0.4) is 0 Å². The molecule has 0 bridgehead atoms. The van der Waals surface area contributed by atoms with Crippen LogP contribution in [0.5, 0.6) is 0 Å². The van der Waals surface area contributed by atoms with Crippen LogP contribution in [0.4, 0.5) is 5.69 Å². The van der Waals surface area contributed by atoms with E-state index >= 15 is 0 Å². The maximum Gasteiger partial charge on any atom is 0.317 e. The van der Waals surface area contributed by atoms with Gasteiger partial charge in [-0.25, -0.2) is 0 Å². The van der Waals surface area contributed by atoms with E-state index in [0.717, 1.165) is 11.1 Å². The molecule has 0 saturated heterocycles. The van der Waals surface area contributed by atoms with Crippen molar-refractivity contribution in [3.8, 4) is 0 Å². The number of nitrogens with zero attached hydrogens (tertiary/aromatic N) is 1. The predicted octanol–water partition coefficient (Wildman–Crippen LogP) is 3.91. The first-order valence-corrected chi connectivity index (χ1v) is 8.72. The van der Waals surface area contributed by atoms with Crippen LogP contribution < -0.4 is 0 Å². The number of hydrogen-bond acceptors (Lipinski definition) is 5. The van der Waals surface area contributed by atoms with Gasteiger partial charge < -0.3 is 4.74 Å². The molecule has 2 aromatic carbocycles. The number of esters is 1. The van der Waals surface area contributed by atoms with Crippen molar-refractivity contribution < 1.29 is 19.2 Å². The third kappa shape index (κ3) is 3.95. The van der Waals surface area contributed by atoms with Gasteiger partial charge in [0, 0.05) is 18.1 Å². The summed E-state index contributed by atoms with van der Waals surface area (Å²) in [4.78, 5) is 35.9. The molecule has 0 saturated carbocycles. The van der Waals surface area contributed by atoms with Crippen LogP contribution in [-0.4, -0.2) is 23.3 Å². The lowest BCUT2D eigenvalue weighted by atomic mass is 9.73. The van der Waals surface area contributed by atoms with E-state index in [2.05, 4.69) is 0 Å². The van der Waals surface area contributed by atoms with E-state index in [4.69, 9.17) is 4.74 Å². The molecule has 0 spiro atoms. The zero-order valence-electron chi connectivity index (χ0n) is 14.8. The molecule has 6 nitrogen and oxygen atoms in total. The Hall–Kier alpha value is -3.28. The minimum absolute atomic E-state index is 0.0710. The second-order valence-corrected chi connectivity index (χ2v) is 6.33. The fourth-order valence-corrected chi connectivity index (χ4v) is 3.42. The molecule has 1 aliphatic carbocycles. The van der Waals surface area contributed by atoms with E-state index in [0.29, 0.717) is 12.0 Å². The lowest BCUT2D eigenvalue weighted by molar-refractivity contribution is -0.384. The Morgan fingerprint density at radius 2 is 1.93 bits per heavy atom. The van der Waals surface area contributed by atoms with Crippen molar-refractivity contribution >= 4 is 23.0 Å². The molecule has 27 heavy (non-hydrogen) atoms. The number of non-ortho nitro benzene ring substituents is 1. The molecule has 138 valence electrons. The molecule has 0 N–H and O–H groups in total. The quantitative estimate of drug-likeness (QED) is 0.347. The Bertz CT molecular complexity index is 904. The Morgan fingerprint density at radius 3 is 2.59 bits per heavy atom. The summed E-state index contributed by atoms with van der Waals surface area (Å²) < 4.78 is 5.10. The minimum Gasteiger partial charge on any atom is -0.465 e. The fraction of sp³-hybridized carbons (Fsp3) is 0.238. The summed E-state index contributed by atoms with van der Waals surface area (Å²) in [5, 5.41) is 11.1. The summed E-state index contributed by atoms with van der Waals surface area (Å²) in [5.41, 5.74) is 2.21. The summed E-state index contributed by atoms with van der Waals surface area (Å²) in [6, 6.07) is 15.5. The number of ether oxygens (including phenoxy) is 1. The summed E-state index contributed by atoms with van der Waals surface area (Å²) in [5.74, 6) is -2.45. The molecule has 0 heterocycles. The van der Waals surface area contributed by atoms with Crippen LogP contribution in [0.25, 0.3) is 5.57 Å². The van der Waals surface area contributed by atoms with Gasteiger partial charge in [-0.15, -0.1) is 0 Å². The number of allylic oxidation sites excluding steroid dienone is 2. The van der Waals surface area contributed by atoms with Crippen molar-refractivity contribution in [3.63, 3.8) is 0 Å². The average Bonchev–Trinajstić information content (AvgIpc) is 2.68. The highest BCUT2D eigenvalue weighted by Crippen LogP contribution is 2.41. The first kappa shape index (κ1) is 18.5. The molecule has 0 aromatic heterocycles. The van der Waals surface area contributed by atoms with Crippen molar-refractivity contribution in [2.45, 2.75) is 19.3 Å². The molecule has 0 amide bonds. The number of nitro groups is 1. The molecule has 0 unspecified atom stereocenters. The second-order valence-electron chi connectivity index (χ2n) is 6.33. The molecule has 0 aliphatic heterocycles. The minimum atomic E-state index is -1.00. The Kier molecular flexibility index (Phi) is 5.45. The van der Waals surface area contributed by atoms with Gasteiger partial charge in [-0.3, -0.25) is 19.7 Å². The number of hydrogen-bond donors (Lipinski definition) is 0. The maximum atomic E-state index is 12.8. The molecule has 3 rings (SSSR count). The molecular formula is C21H19NO5. The number of carbonyl (C=O) groups is 2. The highest BCUT2D eigenvalue weighted by Gasteiger charge is 2.40. The normalized spacial score (nSPS) is 19.3. The van der Waals surface area contributed by atoms with E-state index in [-0.39, 0.29) is 18.1 Å². The molecule has 2 atom stereocenters. The Morgan fingerprint density at radius 1 is 1.19 bits per heavy atom. The van der Waals surface area contributed by atoms with Gasteiger partial charge in [0.1, 0.15) is 5.92 Å². The van der Waals surface area contributed by atoms with Gasteiger partial charge >= 0.3 is 5.97 Å². The second kappa shape index (κ2) is 7.95. The lowest BCUT2D eigenvalue weighted by Crippen LogP contribution is -2.34. The van der Waals surface area contributed by atoms with E-state index in [1.807, 2.05) is 30.3 Å². The fourth-order valence-electron chi connectivity index (χ4n) is 3.42. The van der Waals surface area contributed by atoms with Crippen molar-refractivity contribution in [2.24, 2.45) is 5.92 Å². The molecule has 2 aromatic rings. The molecular weight excluding hydrogens is 346 g/mol. The van der Waals surface area contributed by atoms with Crippen molar-refractivity contribution in [1.82, 2.24) is 0 Å². The predicted molar refractivity (Wildman–Crippen MR) is 100 cm³/mol. The van der Waals surface area contributed by atoms with Crippen LogP contribution in [0.2, 0.25) is 0 Å². The van der Waals surface area contributed by atoms with E-state index in [1.54, 1.807) is 19.1 Å². The zero-order chi connectivity index (χ0) is 19.4. The van der Waals surface area contributed by atoms with E-state index in [1.165, 1.54) is 18.2 Å². The molecule has 0 radical (unpaired) electrons. The average molecular weight is 365 g/mol. The zero-order valence-corrected chi connectivity index (χ0v) is 14.8. The number of nitro benzene ring substituents is 1. The van der Waals surface area contributed by atoms with Gasteiger partial charge in [-0.2, -0.15) is 0 Å². The van der Waals surface area contributed by atoms with Gasteiger partial charge in [-0.05, 0) is 36.1 Å². The Labute approximate surface area is 156 Å². The Balaban J connectivity index is 2.05. The van der Waals surface area contributed by atoms with Crippen molar-refractivity contribution in [1.29, 1.82) is 0 Å². The largest absolute Gasteiger partial charge is 0.465 e. The number of carbonyl (C=O) groups excluding carboxylic acids is 2. The van der Waals surface area contributed by atoms with Crippen LogP contribution in [0.1, 0.15) is 30.4 Å². The van der Waals surface area contributed by atoms with Crippen LogP contribution >= 0.6 is 0 Å². The smallest absolute Gasteiger partial charge is 0.317 e. The monoisotopic (exact) mass is 365 g/mol. The number of ketones is 1. The number of rotatable bonds is 5. The first-order chi connectivity index (χ1) is 13.0. The van der Waals surface area contributed by atoms with Gasteiger partial charge in [0.05, 0.1) is 11.5 Å². The summed E-state index contributed by atoms with van der Waals surface area (Å²) in [6.45, 7) is 1.85. The highest BCUT2D eigenvalue weighted by molar-refractivity contribution is 6.10. The molecule has 1 aliphatic rings. The molecule has 6 heteroatoms. The van der Waals surface area contributed by atoms with Crippen LogP contribution in [0, 0.1) is 16.0 Å². The lowest BCUT2D eigenvalue weighted by Gasteiger charge is -2.29. The van der Waals surface area contributed by atoms with Gasteiger partial charge in [0.2, 0.25) is 0 Å². The van der Waals surface area contributed by atoms with Gasteiger partial charge in [-0.1, -0.05) is 42.5 Å².